The van der Waals surface area contributed by atoms with Crippen LogP contribution in [0.25, 0.3) is 10.8 Å². The first-order chi connectivity index (χ1) is 14.1. The molecule has 7 nitrogen and oxygen atoms in total. The third-order valence-electron chi connectivity index (χ3n) is 4.85. The lowest BCUT2D eigenvalue weighted by Gasteiger charge is -2.15. The molecule has 0 spiro atoms. The van der Waals surface area contributed by atoms with E-state index in [1.165, 1.54) is 0 Å². The second kappa shape index (κ2) is 8.10. The highest BCUT2D eigenvalue weighted by atomic mass is 16.2. The molecule has 3 aromatic rings. The van der Waals surface area contributed by atoms with Crippen molar-refractivity contribution in [1.82, 2.24) is 15.6 Å². The molecule has 0 unspecified atom stereocenters. The summed E-state index contributed by atoms with van der Waals surface area (Å²) in [6, 6.07) is 17.2. The Balaban J connectivity index is 1.41. The molecule has 1 saturated heterocycles. The molecule has 1 fully saturated rings. The van der Waals surface area contributed by atoms with Crippen molar-refractivity contribution in [2.24, 2.45) is 0 Å². The van der Waals surface area contributed by atoms with Crippen LogP contribution in [0.2, 0.25) is 0 Å². The van der Waals surface area contributed by atoms with Crippen molar-refractivity contribution in [1.29, 1.82) is 0 Å². The number of nitrogens with one attached hydrogen (secondary N) is 2. The van der Waals surface area contributed by atoms with Crippen LogP contribution in [0, 0.1) is 0 Å². The van der Waals surface area contributed by atoms with E-state index >= 15 is 0 Å². The molecule has 1 aliphatic heterocycles. The van der Waals surface area contributed by atoms with E-state index in [4.69, 9.17) is 0 Å². The molecule has 1 aliphatic rings. The van der Waals surface area contributed by atoms with Crippen LogP contribution in [0.4, 0.5) is 10.5 Å². The van der Waals surface area contributed by atoms with Gasteiger partial charge in [0.25, 0.3) is 5.91 Å². The lowest BCUT2D eigenvalue weighted by molar-refractivity contribution is -0.125. The number of hydrogen-bond donors (Lipinski definition) is 2. The molecular weight excluding hydrogens is 368 g/mol. The van der Waals surface area contributed by atoms with E-state index in [-0.39, 0.29) is 12.3 Å². The summed E-state index contributed by atoms with van der Waals surface area (Å²) in [5.74, 6) is -0.717. The second-order valence-electron chi connectivity index (χ2n) is 6.80. The molecule has 2 aromatic carbocycles. The minimum absolute atomic E-state index is 0.103. The van der Waals surface area contributed by atoms with Gasteiger partial charge in [-0.05, 0) is 23.6 Å². The van der Waals surface area contributed by atoms with Gasteiger partial charge in [-0.3, -0.25) is 14.6 Å². The largest absolute Gasteiger partial charge is 0.356 e. The van der Waals surface area contributed by atoms with E-state index in [1.807, 2.05) is 48.5 Å². The first kappa shape index (κ1) is 18.6. The van der Waals surface area contributed by atoms with Crippen LogP contribution < -0.4 is 15.5 Å². The van der Waals surface area contributed by atoms with Gasteiger partial charge in [-0.15, -0.1) is 0 Å². The molecular formula is C22H20N4O3. The lowest BCUT2D eigenvalue weighted by Crippen LogP contribution is -2.37. The zero-order chi connectivity index (χ0) is 20.2. The number of anilines is 1. The summed E-state index contributed by atoms with van der Waals surface area (Å²) >= 11 is 0. The van der Waals surface area contributed by atoms with Crippen molar-refractivity contribution in [3.63, 3.8) is 0 Å². The number of carbonyl (C=O) groups is 3. The van der Waals surface area contributed by atoms with Gasteiger partial charge >= 0.3 is 6.03 Å². The maximum Gasteiger partial charge on any atom is 0.329 e. The fourth-order valence-corrected chi connectivity index (χ4v) is 3.43. The van der Waals surface area contributed by atoms with E-state index < -0.39 is 18.0 Å². The highest BCUT2D eigenvalue weighted by molar-refractivity contribution is 6.24. The van der Waals surface area contributed by atoms with Crippen LogP contribution in [0.1, 0.15) is 12.1 Å². The van der Waals surface area contributed by atoms with Gasteiger partial charge in [-0.25, -0.2) is 9.69 Å². The number of fused-ring (bicyclic) bond motifs is 1. The number of hydrogen-bond acceptors (Lipinski definition) is 4. The Morgan fingerprint density at radius 3 is 2.66 bits per heavy atom. The molecule has 4 rings (SSSR count). The molecule has 146 valence electrons. The fourth-order valence-electron chi connectivity index (χ4n) is 3.43. The second-order valence-corrected chi connectivity index (χ2v) is 6.80. The molecule has 0 radical (unpaired) electrons. The number of amides is 4. The summed E-state index contributed by atoms with van der Waals surface area (Å²) < 4.78 is 0. The van der Waals surface area contributed by atoms with Gasteiger partial charge in [-0.1, -0.05) is 42.5 Å². The maximum atomic E-state index is 12.8. The van der Waals surface area contributed by atoms with Crippen molar-refractivity contribution in [3.8, 4) is 0 Å². The summed E-state index contributed by atoms with van der Waals surface area (Å²) in [4.78, 5) is 42.9. The van der Waals surface area contributed by atoms with E-state index in [0.29, 0.717) is 18.7 Å². The monoisotopic (exact) mass is 388 g/mol. The number of imide groups is 1. The van der Waals surface area contributed by atoms with Gasteiger partial charge in [0.2, 0.25) is 5.91 Å². The summed E-state index contributed by atoms with van der Waals surface area (Å²) in [6.07, 6.45) is 2.19. The minimum atomic E-state index is -0.878. The maximum absolute atomic E-state index is 12.8. The van der Waals surface area contributed by atoms with Gasteiger partial charge in [-0.2, -0.15) is 0 Å². The summed E-state index contributed by atoms with van der Waals surface area (Å²) in [5, 5.41) is 7.13. The predicted octanol–water partition coefficient (Wildman–Crippen LogP) is 2.41. The Bertz CT molecular complexity index is 1060. The molecule has 7 heteroatoms. The van der Waals surface area contributed by atoms with Crippen LogP contribution in [-0.2, 0) is 16.0 Å². The van der Waals surface area contributed by atoms with Gasteiger partial charge in [0, 0.05) is 30.2 Å². The molecule has 0 aliphatic carbocycles. The third kappa shape index (κ3) is 3.94. The van der Waals surface area contributed by atoms with E-state index in [1.54, 1.807) is 18.3 Å². The first-order valence-corrected chi connectivity index (χ1v) is 9.42. The normalized spacial score (nSPS) is 16.1. The zero-order valence-corrected chi connectivity index (χ0v) is 15.7. The van der Waals surface area contributed by atoms with Crippen molar-refractivity contribution < 1.29 is 14.4 Å². The Morgan fingerprint density at radius 2 is 1.83 bits per heavy atom. The van der Waals surface area contributed by atoms with Crippen molar-refractivity contribution >= 4 is 34.3 Å². The Hall–Kier alpha value is -3.74. The van der Waals surface area contributed by atoms with Crippen molar-refractivity contribution in [2.75, 3.05) is 11.4 Å². The fraction of sp³-hybridized carbons (Fsp3) is 0.182. The van der Waals surface area contributed by atoms with Crippen molar-refractivity contribution in [3.05, 3.63) is 72.6 Å². The number of benzene rings is 2. The van der Waals surface area contributed by atoms with Crippen LogP contribution >= 0.6 is 0 Å². The first-order valence-electron chi connectivity index (χ1n) is 9.42. The SMILES string of the molecule is O=C(C[C@@H]1NC(=O)N(c2cccc3ccccc23)C1=O)NCCc1ccccn1. The van der Waals surface area contributed by atoms with E-state index in [0.717, 1.165) is 21.4 Å². The van der Waals surface area contributed by atoms with Crippen LogP contribution in [-0.4, -0.2) is 35.4 Å². The van der Waals surface area contributed by atoms with E-state index in [9.17, 15) is 14.4 Å². The van der Waals surface area contributed by atoms with Crippen molar-refractivity contribution in [2.45, 2.75) is 18.9 Å². The minimum Gasteiger partial charge on any atom is -0.356 e. The molecule has 2 N–H and O–H groups in total. The highest BCUT2D eigenvalue weighted by Crippen LogP contribution is 2.29. The van der Waals surface area contributed by atoms with E-state index in [2.05, 4.69) is 15.6 Å². The lowest BCUT2D eigenvalue weighted by atomic mass is 10.1. The van der Waals surface area contributed by atoms with Gasteiger partial charge in [0.15, 0.2) is 0 Å². The molecule has 4 amide bonds. The molecule has 1 aromatic heterocycles. The topological polar surface area (TPSA) is 91.4 Å². The molecule has 0 saturated carbocycles. The van der Waals surface area contributed by atoms with Gasteiger partial charge in [0.1, 0.15) is 6.04 Å². The Labute approximate surface area is 167 Å². The molecule has 2 heterocycles. The summed E-state index contributed by atoms with van der Waals surface area (Å²) in [5.41, 5.74) is 1.39. The zero-order valence-electron chi connectivity index (χ0n) is 15.7. The summed E-state index contributed by atoms with van der Waals surface area (Å²) in [6.45, 7) is 0.414. The quantitative estimate of drug-likeness (QED) is 0.635. The average molecular weight is 388 g/mol. The number of carbonyl (C=O) groups excluding carboxylic acids is 3. The molecule has 0 bridgehead atoms. The van der Waals surface area contributed by atoms with Crippen LogP contribution in [0.15, 0.2) is 66.9 Å². The number of pyridine rings is 1. The number of nitrogens with zero attached hydrogens (tertiary/aromatic N) is 2. The highest BCUT2D eigenvalue weighted by Gasteiger charge is 2.40. The number of aromatic nitrogens is 1. The average Bonchev–Trinajstić information content (AvgIpc) is 3.01. The number of urea groups is 1. The van der Waals surface area contributed by atoms with Crippen LogP contribution in [0.3, 0.4) is 0 Å². The standard InChI is InChI=1S/C22H20N4O3/c27-20(24-13-11-16-8-3-4-12-23-16)14-18-21(28)26(22(29)25-18)19-10-5-7-15-6-1-2-9-17(15)19/h1-10,12,18H,11,13-14H2,(H,24,27)(H,25,29)/t18-/m0/s1. The third-order valence-corrected chi connectivity index (χ3v) is 4.85. The Morgan fingerprint density at radius 1 is 1.03 bits per heavy atom. The Kier molecular flexibility index (Phi) is 5.20. The predicted molar refractivity (Wildman–Crippen MR) is 109 cm³/mol. The smallest absolute Gasteiger partial charge is 0.329 e. The summed E-state index contributed by atoms with van der Waals surface area (Å²) in [7, 11) is 0. The van der Waals surface area contributed by atoms with Gasteiger partial charge in [0.05, 0.1) is 12.1 Å². The number of rotatable bonds is 6. The van der Waals surface area contributed by atoms with Crippen LogP contribution in [0.5, 0.6) is 0 Å². The molecule has 29 heavy (non-hydrogen) atoms. The molecule has 1 atom stereocenters. The van der Waals surface area contributed by atoms with Gasteiger partial charge < -0.3 is 10.6 Å².